The smallest absolute Gasteiger partial charge is 0.254 e. The maximum atomic E-state index is 13.3. The number of para-hydroxylation sites is 1. The predicted molar refractivity (Wildman–Crippen MR) is 139 cm³/mol. The molecule has 3 aromatic rings. The zero-order valence-electron chi connectivity index (χ0n) is 20.4. The Kier molecular flexibility index (Phi) is 7.74. The third kappa shape index (κ3) is 5.21. The second kappa shape index (κ2) is 10.7. The summed E-state index contributed by atoms with van der Waals surface area (Å²) in [7, 11) is 4.31. The van der Waals surface area contributed by atoms with Gasteiger partial charge in [-0.15, -0.1) is 0 Å². The lowest BCUT2D eigenvalue weighted by atomic mass is 9.74. The summed E-state index contributed by atoms with van der Waals surface area (Å²) < 4.78 is 1.90. The van der Waals surface area contributed by atoms with Crippen molar-refractivity contribution in [3.8, 4) is 5.69 Å². The zero-order valence-corrected chi connectivity index (χ0v) is 21.2. The minimum atomic E-state index is -0.0147. The van der Waals surface area contributed by atoms with Gasteiger partial charge in [0.15, 0.2) is 0 Å². The van der Waals surface area contributed by atoms with Crippen molar-refractivity contribution in [2.24, 2.45) is 0 Å². The van der Waals surface area contributed by atoms with Crippen molar-refractivity contribution in [3.05, 3.63) is 82.6 Å². The maximum Gasteiger partial charge on any atom is 0.254 e. The number of halogens is 1. The highest BCUT2D eigenvalue weighted by molar-refractivity contribution is 6.31. The van der Waals surface area contributed by atoms with Crippen LogP contribution in [-0.2, 0) is 12.8 Å². The van der Waals surface area contributed by atoms with Crippen LogP contribution in [0.3, 0.4) is 0 Å². The Bertz CT molecular complexity index is 1100. The molecule has 6 heteroatoms. The summed E-state index contributed by atoms with van der Waals surface area (Å²) in [5, 5.41) is 8.70. The van der Waals surface area contributed by atoms with Crippen molar-refractivity contribution < 1.29 is 4.79 Å². The van der Waals surface area contributed by atoms with Crippen LogP contribution in [0.1, 0.15) is 60.6 Å². The average molecular weight is 479 g/mol. The molecule has 1 aliphatic rings. The van der Waals surface area contributed by atoms with Crippen molar-refractivity contribution in [1.82, 2.24) is 20.0 Å². The number of amides is 1. The van der Waals surface area contributed by atoms with Gasteiger partial charge in [-0.05, 0) is 76.4 Å². The lowest BCUT2D eigenvalue weighted by molar-refractivity contribution is 0.0769. The molecule has 1 saturated carbocycles. The van der Waals surface area contributed by atoms with Crippen molar-refractivity contribution in [2.45, 2.75) is 63.5 Å². The van der Waals surface area contributed by atoms with Crippen LogP contribution in [0.4, 0.5) is 0 Å². The summed E-state index contributed by atoms with van der Waals surface area (Å²) in [6.45, 7) is 2.13. The van der Waals surface area contributed by atoms with Gasteiger partial charge in [0.1, 0.15) is 0 Å². The second-order valence-corrected chi connectivity index (χ2v) is 10.0. The van der Waals surface area contributed by atoms with E-state index in [1.807, 2.05) is 47.1 Å². The number of carbonyl (C=O) groups excluding carboxylic acids is 1. The minimum absolute atomic E-state index is 0.0147. The number of carbonyl (C=O) groups is 1. The molecule has 34 heavy (non-hydrogen) atoms. The molecule has 1 N–H and O–H groups in total. The van der Waals surface area contributed by atoms with Gasteiger partial charge in [-0.3, -0.25) is 4.79 Å². The van der Waals surface area contributed by atoms with E-state index in [2.05, 4.69) is 48.5 Å². The number of rotatable bonds is 8. The molecule has 1 aliphatic carbocycles. The van der Waals surface area contributed by atoms with Gasteiger partial charge in [0.25, 0.3) is 5.91 Å². The van der Waals surface area contributed by atoms with Crippen molar-refractivity contribution in [3.63, 3.8) is 0 Å². The van der Waals surface area contributed by atoms with Crippen molar-refractivity contribution in [1.29, 1.82) is 0 Å². The van der Waals surface area contributed by atoms with Crippen LogP contribution < -0.4 is 5.32 Å². The molecule has 1 fully saturated rings. The second-order valence-electron chi connectivity index (χ2n) is 9.64. The molecular weight excluding hydrogens is 444 g/mol. The predicted octanol–water partition coefficient (Wildman–Crippen LogP) is 5.69. The van der Waals surface area contributed by atoms with Crippen LogP contribution in [-0.4, -0.2) is 46.3 Å². The molecule has 0 spiro atoms. The molecule has 2 aromatic carbocycles. The quantitative estimate of drug-likeness (QED) is 0.452. The Hall–Kier alpha value is -2.63. The monoisotopic (exact) mass is 478 g/mol. The van der Waals surface area contributed by atoms with E-state index in [-0.39, 0.29) is 17.5 Å². The number of aromatic nitrogens is 2. The number of benzene rings is 2. The molecule has 0 saturated heterocycles. The lowest BCUT2D eigenvalue weighted by Crippen LogP contribution is -2.52. The van der Waals surface area contributed by atoms with Gasteiger partial charge in [0.05, 0.1) is 23.1 Å². The topological polar surface area (TPSA) is 50.2 Å². The fourth-order valence-corrected chi connectivity index (χ4v) is 5.38. The summed E-state index contributed by atoms with van der Waals surface area (Å²) in [6.07, 6.45) is 8.33. The van der Waals surface area contributed by atoms with Gasteiger partial charge >= 0.3 is 0 Å². The molecule has 0 aliphatic heterocycles. The minimum Gasteiger partial charge on any atom is -0.349 e. The molecule has 0 unspecified atom stereocenters. The number of likely N-dealkylation sites (N-methyl/N-ethyl adjacent to an activating group) is 1. The highest BCUT2D eigenvalue weighted by Crippen LogP contribution is 2.37. The Balaban J connectivity index is 1.45. The first-order chi connectivity index (χ1) is 16.4. The standard InChI is InChI=1S/C28H35ClN4O/c1-4-10-26-24(20-30-33(26)23-12-6-5-7-13-23)27(34)31-22-15-17-28(18-16-22,32(2)3)19-21-11-8-9-14-25(21)29/h5-9,11-14,20,22H,4,10,15-19H2,1-3H3,(H,31,34). The number of hydrogen-bond acceptors (Lipinski definition) is 3. The van der Waals surface area contributed by atoms with E-state index < -0.39 is 0 Å². The van der Waals surface area contributed by atoms with Gasteiger partial charge in [-0.2, -0.15) is 5.10 Å². The zero-order chi connectivity index (χ0) is 24.1. The molecule has 0 radical (unpaired) electrons. The van der Waals surface area contributed by atoms with Crippen LogP contribution in [0.5, 0.6) is 0 Å². The molecule has 5 nitrogen and oxygen atoms in total. The van der Waals surface area contributed by atoms with Gasteiger partial charge in [-0.1, -0.05) is 61.3 Å². The molecule has 0 bridgehead atoms. The number of nitrogens with one attached hydrogen (secondary N) is 1. The van der Waals surface area contributed by atoms with Gasteiger partial charge in [0, 0.05) is 16.6 Å². The summed E-state index contributed by atoms with van der Waals surface area (Å²) >= 11 is 6.48. The normalized spacial score (nSPS) is 20.4. The van der Waals surface area contributed by atoms with E-state index in [9.17, 15) is 4.79 Å². The molecule has 1 heterocycles. The Morgan fingerprint density at radius 1 is 1.12 bits per heavy atom. The van der Waals surface area contributed by atoms with Crippen LogP contribution >= 0.6 is 11.6 Å². The van der Waals surface area contributed by atoms with Gasteiger partial charge in [0.2, 0.25) is 0 Å². The molecule has 180 valence electrons. The highest BCUT2D eigenvalue weighted by atomic mass is 35.5. The molecule has 1 amide bonds. The first kappa shape index (κ1) is 24.5. The van der Waals surface area contributed by atoms with Crippen LogP contribution in [0.25, 0.3) is 5.69 Å². The SMILES string of the molecule is CCCc1c(C(=O)NC2CCC(Cc3ccccc3Cl)(N(C)C)CC2)cnn1-c1ccccc1. The molecule has 1 aromatic heterocycles. The molecular formula is C28H35ClN4O. The van der Waals surface area contributed by atoms with Crippen LogP contribution in [0, 0.1) is 0 Å². The molecule has 4 rings (SSSR count). The molecule has 0 atom stereocenters. The lowest BCUT2D eigenvalue weighted by Gasteiger charge is -2.45. The summed E-state index contributed by atoms with van der Waals surface area (Å²) in [5.74, 6) is -0.0147. The highest BCUT2D eigenvalue weighted by Gasteiger charge is 2.38. The largest absolute Gasteiger partial charge is 0.349 e. The van der Waals surface area contributed by atoms with E-state index in [4.69, 9.17) is 11.6 Å². The average Bonchev–Trinajstić information content (AvgIpc) is 3.26. The first-order valence-electron chi connectivity index (χ1n) is 12.3. The number of nitrogens with zero attached hydrogens (tertiary/aromatic N) is 3. The summed E-state index contributed by atoms with van der Waals surface area (Å²) in [4.78, 5) is 15.6. The van der Waals surface area contributed by atoms with E-state index in [1.54, 1.807) is 6.20 Å². The third-order valence-corrected chi connectivity index (χ3v) is 7.65. The van der Waals surface area contributed by atoms with E-state index in [0.29, 0.717) is 5.56 Å². The van der Waals surface area contributed by atoms with Gasteiger partial charge in [-0.25, -0.2) is 4.68 Å². The van der Waals surface area contributed by atoms with Gasteiger partial charge < -0.3 is 10.2 Å². The van der Waals surface area contributed by atoms with E-state index >= 15 is 0 Å². The number of hydrogen-bond donors (Lipinski definition) is 1. The summed E-state index contributed by atoms with van der Waals surface area (Å²) in [5.41, 5.74) is 3.89. The third-order valence-electron chi connectivity index (χ3n) is 7.28. The van der Waals surface area contributed by atoms with E-state index in [1.165, 1.54) is 5.56 Å². The maximum absolute atomic E-state index is 13.3. The first-order valence-corrected chi connectivity index (χ1v) is 12.7. The fraction of sp³-hybridized carbons (Fsp3) is 0.429. The van der Waals surface area contributed by atoms with Crippen LogP contribution in [0.15, 0.2) is 60.8 Å². The fourth-order valence-electron chi connectivity index (χ4n) is 5.17. The Morgan fingerprint density at radius 2 is 1.79 bits per heavy atom. The Labute approximate surface area is 208 Å². The van der Waals surface area contributed by atoms with Crippen LogP contribution in [0.2, 0.25) is 5.02 Å². The Morgan fingerprint density at radius 3 is 2.44 bits per heavy atom. The summed E-state index contributed by atoms with van der Waals surface area (Å²) in [6, 6.07) is 18.3. The van der Waals surface area contributed by atoms with Crippen molar-refractivity contribution in [2.75, 3.05) is 14.1 Å². The van der Waals surface area contributed by atoms with Crippen molar-refractivity contribution >= 4 is 17.5 Å². The van der Waals surface area contributed by atoms with E-state index in [0.717, 1.165) is 61.3 Å².